The third-order valence-electron chi connectivity index (χ3n) is 5.12. The Kier molecular flexibility index (Phi) is 7.02. The van der Waals surface area contributed by atoms with Crippen LogP contribution in [-0.4, -0.2) is 32.1 Å². The highest BCUT2D eigenvalue weighted by atomic mass is 32.1. The maximum absolute atomic E-state index is 12.4. The second-order valence-electron chi connectivity index (χ2n) is 7.70. The molecule has 0 atom stereocenters. The highest BCUT2D eigenvalue weighted by Crippen LogP contribution is 2.25. The Morgan fingerprint density at radius 2 is 1.69 bits per heavy atom. The number of para-hydroxylation sites is 1. The van der Waals surface area contributed by atoms with Crippen LogP contribution in [0, 0.1) is 6.92 Å². The zero-order chi connectivity index (χ0) is 25.9. The minimum atomic E-state index is -4.76. The van der Waals surface area contributed by atoms with Crippen molar-refractivity contribution in [2.75, 3.05) is 10.2 Å². The molecular weight excluding hydrogens is 491 g/mol. The number of carbonyl (C=O) groups excluding carboxylic acids is 1. The number of thiocarbonyl (C=S) groups is 1. The van der Waals surface area contributed by atoms with Crippen molar-refractivity contribution < 1.29 is 22.7 Å². The van der Waals surface area contributed by atoms with E-state index >= 15 is 0 Å². The number of halogens is 3. The molecule has 7 nitrogen and oxygen atoms in total. The molecule has 0 aliphatic rings. The van der Waals surface area contributed by atoms with Crippen molar-refractivity contribution >= 4 is 34.6 Å². The van der Waals surface area contributed by atoms with Crippen LogP contribution in [0.25, 0.3) is 17.1 Å². The molecule has 184 valence electrons. The first-order valence-corrected chi connectivity index (χ1v) is 11.1. The van der Waals surface area contributed by atoms with Gasteiger partial charge in [0.15, 0.2) is 10.9 Å². The number of carbonyl (C=O) groups is 1. The number of benzene rings is 3. The molecule has 4 rings (SSSR count). The molecule has 0 fully saturated rings. The topological polar surface area (TPSA) is 72.3 Å². The largest absolute Gasteiger partial charge is 0.573 e. The SMILES string of the molecule is CC(=O)N(C(=S)Nc1ccccc1C)c1ccc(-c2ncn(-c3ccc(OC(F)(F)F)cc3)n2)cc1. The maximum Gasteiger partial charge on any atom is 0.573 e. The van der Waals surface area contributed by atoms with Crippen molar-refractivity contribution in [3.05, 3.63) is 84.7 Å². The monoisotopic (exact) mass is 511 g/mol. The molecule has 3 aromatic carbocycles. The van der Waals surface area contributed by atoms with E-state index in [1.54, 1.807) is 24.3 Å². The molecule has 1 aromatic heterocycles. The lowest BCUT2D eigenvalue weighted by molar-refractivity contribution is -0.274. The summed E-state index contributed by atoms with van der Waals surface area (Å²) in [6.45, 7) is 3.36. The van der Waals surface area contributed by atoms with Gasteiger partial charge in [0.2, 0.25) is 5.91 Å². The Labute approximate surface area is 210 Å². The predicted molar refractivity (Wildman–Crippen MR) is 134 cm³/mol. The van der Waals surface area contributed by atoms with Crippen molar-refractivity contribution in [2.45, 2.75) is 20.2 Å². The van der Waals surface area contributed by atoms with Gasteiger partial charge in [0, 0.05) is 18.2 Å². The van der Waals surface area contributed by atoms with Gasteiger partial charge >= 0.3 is 6.36 Å². The van der Waals surface area contributed by atoms with Gasteiger partial charge in [0.1, 0.15) is 12.1 Å². The number of aryl methyl sites for hydroxylation is 1. The number of rotatable bonds is 5. The first-order chi connectivity index (χ1) is 17.1. The summed E-state index contributed by atoms with van der Waals surface area (Å²) in [4.78, 5) is 18.0. The lowest BCUT2D eigenvalue weighted by Gasteiger charge is -2.23. The normalized spacial score (nSPS) is 11.1. The molecule has 0 spiro atoms. The number of anilines is 2. The summed E-state index contributed by atoms with van der Waals surface area (Å²) in [6, 6.07) is 19.8. The van der Waals surface area contributed by atoms with E-state index in [0.29, 0.717) is 22.8 Å². The molecule has 4 aromatic rings. The summed E-state index contributed by atoms with van der Waals surface area (Å²) < 4.78 is 42.4. The average molecular weight is 512 g/mol. The van der Waals surface area contributed by atoms with Crippen molar-refractivity contribution in [3.63, 3.8) is 0 Å². The van der Waals surface area contributed by atoms with Crippen molar-refractivity contribution in [1.29, 1.82) is 0 Å². The predicted octanol–water partition coefficient (Wildman–Crippen LogP) is 5.89. The van der Waals surface area contributed by atoms with Crippen molar-refractivity contribution in [3.8, 4) is 22.8 Å². The van der Waals surface area contributed by atoms with E-state index in [9.17, 15) is 18.0 Å². The van der Waals surface area contributed by atoms with Crippen LogP contribution in [0.5, 0.6) is 5.75 Å². The minimum absolute atomic E-state index is 0.241. The second-order valence-corrected chi connectivity index (χ2v) is 8.09. The Balaban J connectivity index is 1.50. The van der Waals surface area contributed by atoms with E-state index in [1.165, 1.54) is 47.1 Å². The molecule has 0 radical (unpaired) electrons. The fourth-order valence-corrected chi connectivity index (χ4v) is 3.75. The lowest BCUT2D eigenvalue weighted by atomic mass is 10.2. The lowest BCUT2D eigenvalue weighted by Crippen LogP contribution is -2.38. The third-order valence-corrected chi connectivity index (χ3v) is 5.40. The van der Waals surface area contributed by atoms with Gasteiger partial charge < -0.3 is 10.1 Å². The molecule has 0 unspecified atom stereocenters. The standard InChI is InChI=1S/C25H20F3N5O2S/c1-16-5-3-4-6-22(16)30-24(36)33(17(2)34)20-9-7-18(8-10-20)23-29-15-32(31-23)19-11-13-21(14-12-19)35-25(26,27)28/h3-15H,1-2H3,(H,30,36). The molecule has 1 amide bonds. The van der Waals surface area contributed by atoms with Crippen LogP contribution in [0.2, 0.25) is 0 Å². The van der Waals surface area contributed by atoms with Gasteiger partial charge in [-0.15, -0.1) is 18.3 Å². The molecule has 0 saturated heterocycles. The summed E-state index contributed by atoms with van der Waals surface area (Å²) in [5.41, 5.74) is 3.55. The fraction of sp³-hybridized carbons (Fsp3) is 0.120. The van der Waals surface area contributed by atoms with E-state index in [2.05, 4.69) is 20.1 Å². The average Bonchev–Trinajstić information content (AvgIpc) is 3.31. The van der Waals surface area contributed by atoms with Crippen molar-refractivity contribution in [1.82, 2.24) is 14.8 Å². The highest BCUT2D eigenvalue weighted by molar-refractivity contribution is 7.80. The quantitative estimate of drug-likeness (QED) is 0.337. The molecule has 1 N–H and O–H groups in total. The number of ether oxygens (including phenoxy) is 1. The molecule has 0 saturated carbocycles. The first-order valence-electron chi connectivity index (χ1n) is 10.7. The molecule has 11 heteroatoms. The zero-order valence-corrected chi connectivity index (χ0v) is 20.0. The zero-order valence-electron chi connectivity index (χ0n) is 19.2. The van der Waals surface area contributed by atoms with Gasteiger partial charge in [-0.3, -0.25) is 9.69 Å². The second kappa shape index (κ2) is 10.2. The van der Waals surface area contributed by atoms with Crippen LogP contribution in [0.4, 0.5) is 24.5 Å². The Morgan fingerprint density at radius 3 is 2.31 bits per heavy atom. The number of nitrogens with zero attached hydrogens (tertiary/aromatic N) is 4. The van der Waals surface area contributed by atoms with Crippen molar-refractivity contribution in [2.24, 2.45) is 0 Å². The number of amides is 1. The summed E-state index contributed by atoms with van der Waals surface area (Å²) >= 11 is 5.49. The van der Waals surface area contributed by atoms with Gasteiger partial charge in [-0.05, 0) is 79.3 Å². The number of aromatic nitrogens is 3. The highest BCUT2D eigenvalue weighted by Gasteiger charge is 2.31. The van der Waals surface area contributed by atoms with Gasteiger partial charge in [-0.25, -0.2) is 9.67 Å². The Morgan fingerprint density at radius 1 is 1.03 bits per heavy atom. The summed E-state index contributed by atoms with van der Waals surface area (Å²) in [7, 11) is 0. The van der Waals surface area contributed by atoms with Crippen LogP contribution in [0.3, 0.4) is 0 Å². The van der Waals surface area contributed by atoms with Gasteiger partial charge in [0.25, 0.3) is 0 Å². The number of hydrogen-bond donors (Lipinski definition) is 1. The van der Waals surface area contributed by atoms with Gasteiger partial charge in [0.05, 0.1) is 11.4 Å². The van der Waals surface area contributed by atoms with Crippen LogP contribution >= 0.6 is 12.2 Å². The minimum Gasteiger partial charge on any atom is -0.406 e. The number of nitrogens with one attached hydrogen (secondary N) is 1. The fourth-order valence-electron chi connectivity index (χ4n) is 3.41. The third kappa shape index (κ3) is 5.87. The van der Waals surface area contributed by atoms with E-state index in [1.807, 2.05) is 31.2 Å². The molecule has 0 aliphatic heterocycles. The Hall–Kier alpha value is -4.25. The van der Waals surface area contributed by atoms with Crippen LogP contribution in [-0.2, 0) is 4.79 Å². The maximum atomic E-state index is 12.4. The summed E-state index contributed by atoms with van der Waals surface area (Å²) in [5.74, 6) is -0.187. The number of hydrogen-bond acceptors (Lipinski definition) is 5. The smallest absolute Gasteiger partial charge is 0.406 e. The van der Waals surface area contributed by atoms with E-state index in [0.717, 1.165) is 11.3 Å². The molecule has 1 heterocycles. The van der Waals surface area contributed by atoms with Gasteiger partial charge in [-0.2, -0.15) is 0 Å². The summed E-state index contributed by atoms with van der Waals surface area (Å²) in [6.07, 6.45) is -3.31. The van der Waals surface area contributed by atoms with Gasteiger partial charge in [-0.1, -0.05) is 18.2 Å². The number of alkyl halides is 3. The summed E-state index contributed by atoms with van der Waals surface area (Å²) in [5, 5.41) is 7.74. The molecule has 0 aliphatic carbocycles. The van der Waals surface area contributed by atoms with Crippen LogP contribution < -0.4 is 15.0 Å². The van der Waals surface area contributed by atoms with E-state index in [-0.39, 0.29) is 16.8 Å². The molecule has 36 heavy (non-hydrogen) atoms. The first kappa shape index (κ1) is 24.9. The van der Waals surface area contributed by atoms with Crippen LogP contribution in [0.1, 0.15) is 12.5 Å². The molecule has 0 bridgehead atoms. The van der Waals surface area contributed by atoms with E-state index in [4.69, 9.17) is 12.2 Å². The Bertz CT molecular complexity index is 1390. The van der Waals surface area contributed by atoms with E-state index < -0.39 is 6.36 Å². The van der Waals surface area contributed by atoms with Crippen LogP contribution in [0.15, 0.2) is 79.1 Å². The molecular formula is C25H20F3N5O2S.